The smallest absolute Gasteiger partial charge is 0.414 e. The van der Waals surface area contributed by atoms with Crippen LogP contribution in [0.5, 0.6) is 0 Å². The van der Waals surface area contributed by atoms with Gasteiger partial charge in [0.1, 0.15) is 11.9 Å². The van der Waals surface area contributed by atoms with Crippen LogP contribution in [0.1, 0.15) is 6.92 Å². The summed E-state index contributed by atoms with van der Waals surface area (Å²) in [7, 11) is 0. The monoisotopic (exact) mass is 330 g/mol. The van der Waals surface area contributed by atoms with E-state index >= 15 is 0 Å². The minimum atomic E-state index is -0.544. The molecule has 0 aromatic heterocycles. The van der Waals surface area contributed by atoms with Crippen molar-refractivity contribution in [2.24, 2.45) is 0 Å². The van der Waals surface area contributed by atoms with E-state index in [9.17, 15) is 14.0 Å². The average molecular weight is 331 g/mol. The Hall–Kier alpha value is -1.63. The molecule has 1 fully saturated rings. The molecule has 7 heteroatoms. The molecule has 2 rings (SSSR count). The number of anilines is 1. The van der Waals surface area contributed by atoms with Crippen molar-refractivity contribution < 1.29 is 18.7 Å². The maximum atomic E-state index is 13.4. The van der Waals surface area contributed by atoms with Crippen LogP contribution in [0, 0.1) is 5.82 Å². The third-order valence-electron chi connectivity index (χ3n) is 2.67. The van der Waals surface area contributed by atoms with Crippen molar-refractivity contribution in [3.63, 3.8) is 0 Å². The summed E-state index contributed by atoms with van der Waals surface area (Å²) < 4.78 is 18.8. The zero-order chi connectivity index (χ0) is 14.0. The molecule has 5 nitrogen and oxygen atoms in total. The van der Waals surface area contributed by atoms with Crippen LogP contribution in [-0.4, -0.2) is 31.2 Å². The zero-order valence-corrected chi connectivity index (χ0v) is 11.7. The molecular weight excluding hydrogens is 319 g/mol. The van der Waals surface area contributed by atoms with Gasteiger partial charge in [0.05, 0.1) is 23.2 Å². The standard InChI is InChI=1S/C12H12BrFN2O3/c1-7(17)15-5-9-6-16(12(18)19-9)8-2-3-10(13)11(14)4-8/h2-4,9H,5-6H2,1H3,(H,15,17)/t9-/m0/s1. The first-order valence-electron chi connectivity index (χ1n) is 5.65. The maximum absolute atomic E-state index is 13.4. The minimum absolute atomic E-state index is 0.191. The maximum Gasteiger partial charge on any atom is 0.414 e. The molecule has 0 aliphatic carbocycles. The number of benzene rings is 1. The summed E-state index contributed by atoms with van der Waals surface area (Å²) in [5.74, 6) is -0.639. The highest BCUT2D eigenvalue weighted by molar-refractivity contribution is 9.10. The Labute approximate surface area is 117 Å². The zero-order valence-electron chi connectivity index (χ0n) is 10.2. The van der Waals surface area contributed by atoms with E-state index in [2.05, 4.69) is 21.2 Å². The molecule has 0 radical (unpaired) electrons. The molecular formula is C12H12BrFN2O3. The van der Waals surface area contributed by atoms with E-state index in [1.165, 1.54) is 24.0 Å². The number of rotatable bonds is 3. The van der Waals surface area contributed by atoms with Crippen molar-refractivity contribution >= 4 is 33.6 Å². The third kappa shape index (κ3) is 3.23. The van der Waals surface area contributed by atoms with E-state index in [0.717, 1.165) is 0 Å². The van der Waals surface area contributed by atoms with Crippen molar-refractivity contribution in [1.82, 2.24) is 5.32 Å². The van der Waals surface area contributed by atoms with Crippen molar-refractivity contribution in [2.75, 3.05) is 18.0 Å². The van der Waals surface area contributed by atoms with E-state index in [0.29, 0.717) is 10.2 Å². The molecule has 0 unspecified atom stereocenters. The summed E-state index contributed by atoms with van der Waals surface area (Å²) in [6.45, 7) is 1.91. The van der Waals surface area contributed by atoms with E-state index in [1.807, 2.05) is 0 Å². The quantitative estimate of drug-likeness (QED) is 0.922. The van der Waals surface area contributed by atoms with Gasteiger partial charge in [-0.3, -0.25) is 9.69 Å². The molecule has 1 aliphatic heterocycles. The number of hydrogen-bond donors (Lipinski definition) is 1. The number of cyclic esters (lactones) is 1. The molecule has 0 saturated carbocycles. The number of nitrogens with zero attached hydrogens (tertiary/aromatic N) is 1. The van der Waals surface area contributed by atoms with E-state index in [4.69, 9.17) is 4.74 Å². The molecule has 1 heterocycles. The minimum Gasteiger partial charge on any atom is -0.442 e. The van der Waals surface area contributed by atoms with E-state index in [1.54, 1.807) is 6.07 Å². The summed E-state index contributed by atoms with van der Waals surface area (Å²) in [6.07, 6.45) is -0.972. The summed E-state index contributed by atoms with van der Waals surface area (Å²) in [4.78, 5) is 23.8. The lowest BCUT2D eigenvalue weighted by molar-refractivity contribution is -0.119. The van der Waals surface area contributed by atoms with Crippen molar-refractivity contribution in [1.29, 1.82) is 0 Å². The normalized spacial score (nSPS) is 18.4. The van der Waals surface area contributed by atoms with Crippen LogP contribution in [-0.2, 0) is 9.53 Å². The van der Waals surface area contributed by atoms with Crippen molar-refractivity contribution in [3.8, 4) is 0 Å². The molecule has 1 aliphatic rings. The van der Waals surface area contributed by atoms with Gasteiger partial charge < -0.3 is 10.1 Å². The topological polar surface area (TPSA) is 58.6 Å². The largest absolute Gasteiger partial charge is 0.442 e. The predicted molar refractivity (Wildman–Crippen MR) is 70.4 cm³/mol. The first-order chi connectivity index (χ1) is 8.97. The Kier molecular flexibility index (Phi) is 4.04. The highest BCUT2D eigenvalue weighted by atomic mass is 79.9. The summed E-state index contributed by atoms with van der Waals surface area (Å²) in [6, 6.07) is 4.40. The SMILES string of the molecule is CC(=O)NC[C@H]1CN(c2ccc(Br)c(F)c2)C(=O)O1. The number of carbonyl (C=O) groups excluding carboxylic acids is 2. The van der Waals surface area contributed by atoms with Crippen LogP contribution >= 0.6 is 15.9 Å². The van der Waals surface area contributed by atoms with Crippen LogP contribution in [0.2, 0.25) is 0 Å². The summed E-state index contributed by atoms with van der Waals surface area (Å²) >= 11 is 3.05. The molecule has 0 spiro atoms. The highest BCUT2D eigenvalue weighted by Gasteiger charge is 2.32. The second kappa shape index (κ2) is 5.56. The van der Waals surface area contributed by atoms with Gasteiger partial charge >= 0.3 is 6.09 Å². The molecule has 19 heavy (non-hydrogen) atoms. The number of carbonyl (C=O) groups is 2. The van der Waals surface area contributed by atoms with E-state index in [-0.39, 0.29) is 19.0 Å². The highest BCUT2D eigenvalue weighted by Crippen LogP contribution is 2.25. The Morgan fingerprint density at radius 3 is 3.00 bits per heavy atom. The van der Waals surface area contributed by atoms with Gasteiger partial charge in [-0.15, -0.1) is 0 Å². The van der Waals surface area contributed by atoms with Gasteiger partial charge in [-0.2, -0.15) is 0 Å². The van der Waals surface area contributed by atoms with Gasteiger partial charge in [-0.25, -0.2) is 9.18 Å². The van der Waals surface area contributed by atoms with Gasteiger partial charge in [0.25, 0.3) is 0 Å². The van der Waals surface area contributed by atoms with Crippen LogP contribution in [0.15, 0.2) is 22.7 Å². The third-order valence-corrected chi connectivity index (χ3v) is 3.31. The summed E-state index contributed by atoms with van der Waals surface area (Å²) in [5, 5.41) is 2.58. The van der Waals surface area contributed by atoms with Gasteiger partial charge in [-0.1, -0.05) is 0 Å². The van der Waals surface area contributed by atoms with Crippen LogP contribution in [0.3, 0.4) is 0 Å². The lowest BCUT2D eigenvalue weighted by Crippen LogP contribution is -2.33. The van der Waals surface area contributed by atoms with Crippen molar-refractivity contribution in [3.05, 3.63) is 28.5 Å². The fourth-order valence-corrected chi connectivity index (χ4v) is 2.00. The first kappa shape index (κ1) is 13.8. The molecule has 0 bridgehead atoms. The molecule has 1 N–H and O–H groups in total. The number of amides is 2. The van der Waals surface area contributed by atoms with Gasteiger partial charge in [-0.05, 0) is 34.1 Å². The van der Waals surface area contributed by atoms with Crippen LogP contribution in [0.25, 0.3) is 0 Å². The van der Waals surface area contributed by atoms with E-state index < -0.39 is 18.0 Å². The van der Waals surface area contributed by atoms with Crippen molar-refractivity contribution in [2.45, 2.75) is 13.0 Å². The Morgan fingerprint density at radius 1 is 1.63 bits per heavy atom. The molecule has 102 valence electrons. The lowest BCUT2D eigenvalue weighted by atomic mass is 10.2. The van der Waals surface area contributed by atoms with Crippen LogP contribution < -0.4 is 10.2 Å². The molecule has 1 aromatic rings. The number of halogens is 2. The lowest BCUT2D eigenvalue weighted by Gasteiger charge is -2.13. The molecule has 1 aromatic carbocycles. The van der Waals surface area contributed by atoms with Crippen LogP contribution in [0.4, 0.5) is 14.9 Å². The molecule has 2 amide bonds. The van der Waals surface area contributed by atoms with Gasteiger partial charge in [0.15, 0.2) is 0 Å². The fourth-order valence-electron chi connectivity index (χ4n) is 1.75. The number of nitrogens with one attached hydrogen (secondary N) is 1. The summed E-state index contributed by atoms with van der Waals surface area (Å²) in [5.41, 5.74) is 0.427. The average Bonchev–Trinajstić information content (AvgIpc) is 2.72. The molecule has 1 atom stereocenters. The number of ether oxygens (including phenoxy) is 1. The molecule has 1 saturated heterocycles. The first-order valence-corrected chi connectivity index (χ1v) is 6.44. The second-order valence-corrected chi connectivity index (χ2v) is 5.01. The van der Waals surface area contributed by atoms with Gasteiger partial charge in [0, 0.05) is 6.92 Å². The second-order valence-electron chi connectivity index (χ2n) is 4.15. The Morgan fingerprint density at radius 2 is 2.37 bits per heavy atom. The van der Waals surface area contributed by atoms with Gasteiger partial charge in [0.2, 0.25) is 5.91 Å². The number of hydrogen-bond acceptors (Lipinski definition) is 3. The fraction of sp³-hybridized carbons (Fsp3) is 0.333. The Balaban J connectivity index is 2.07. The Bertz CT molecular complexity index is 524. The predicted octanol–water partition coefficient (Wildman–Crippen LogP) is 2.05.